The van der Waals surface area contributed by atoms with Crippen LogP contribution in [0.4, 0.5) is 0 Å². The molecule has 0 aromatic heterocycles. The Morgan fingerprint density at radius 3 is 2.95 bits per heavy atom. The second kappa shape index (κ2) is 6.54. The van der Waals surface area contributed by atoms with Gasteiger partial charge in [-0.2, -0.15) is 0 Å². The molecular formula is C14H19NO4. The summed E-state index contributed by atoms with van der Waals surface area (Å²) in [6, 6.07) is 7.12. The molecule has 0 amide bonds. The zero-order chi connectivity index (χ0) is 13.7. The van der Waals surface area contributed by atoms with Crippen LogP contribution in [0.3, 0.4) is 0 Å². The van der Waals surface area contributed by atoms with Crippen molar-refractivity contribution in [3.8, 4) is 5.75 Å². The minimum absolute atomic E-state index is 0.0298. The van der Waals surface area contributed by atoms with E-state index < -0.39 is 6.04 Å². The molecule has 0 bridgehead atoms. The number of aliphatic hydroxyl groups excluding tert-OH is 1. The standard InChI is InChI=1S/C14H19NO4/c1-18-14(17)13(15-11-5-6-11)9-19-12-4-2-3-10(7-12)8-16/h2-4,7,11,13,15-16H,5-6,8-9H2,1H3. The summed E-state index contributed by atoms with van der Waals surface area (Å²) in [6.45, 7) is 0.190. The van der Waals surface area contributed by atoms with Crippen LogP contribution in [0.25, 0.3) is 0 Å². The molecule has 104 valence electrons. The van der Waals surface area contributed by atoms with Crippen molar-refractivity contribution >= 4 is 5.97 Å². The third-order valence-electron chi connectivity index (χ3n) is 3.00. The molecule has 0 spiro atoms. The molecule has 5 nitrogen and oxygen atoms in total. The van der Waals surface area contributed by atoms with Crippen molar-refractivity contribution in [3.05, 3.63) is 29.8 Å². The minimum Gasteiger partial charge on any atom is -0.491 e. The van der Waals surface area contributed by atoms with E-state index in [0.717, 1.165) is 18.4 Å². The molecule has 5 heteroatoms. The van der Waals surface area contributed by atoms with Gasteiger partial charge in [0.25, 0.3) is 0 Å². The zero-order valence-electron chi connectivity index (χ0n) is 11.0. The van der Waals surface area contributed by atoms with Gasteiger partial charge in [0.05, 0.1) is 13.7 Å². The molecule has 1 aromatic carbocycles. The smallest absolute Gasteiger partial charge is 0.326 e. The molecule has 1 fully saturated rings. The second-order valence-corrected chi connectivity index (χ2v) is 4.63. The highest BCUT2D eigenvalue weighted by atomic mass is 16.5. The monoisotopic (exact) mass is 265 g/mol. The quantitative estimate of drug-likeness (QED) is 0.715. The number of carbonyl (C=O) groups excluding carboxylic acids is 1. The largest absolute Gasteiger partial charge is 0.491 e. The summed E-state index contributed by atoms with van der Waals surface area (Å²) in [4.78, 5) is 11.6. The van der Waals surface area contributed by atoms with Gasteiger partial charge in [-0.1, -0.05) is 12.1 Å². The van der Waals surface area contributed by atoms with Gasteiger partial charge in [-0.25, -0.2) is 0 Å². The Kier molecular flexibility index (Phi) is 4.76. The number of carbonyl (C=O) groups is 1. The molecule has 0 saturated heterocycles. The van der Waals surface area contributed by atoms with Crippen molar-refractivity contribution in [2.75, 3.05) is 13.7 Å². The SMILES string of the molecule is COC(=O)C(COc1cccc(CO)c1)NC1CC1. The number of rotatable bonds is 7. The molecule has 2 rings (SSSR count). The van der Waals surface area contributed by atoms with E-state index in [1.807, 2.05) is 12.1 Å². The zero-order valence-corrected chi connectivity index (χ0v) is 11.0. The Hall–Kier alpha value is -1.59. The van der Waals surface area contributed by atoms with E-state index in [1.54, 1.807) is 12.1 Å². The summed E-state index contributed by atoms with van der Waals surface area (Å²) in [6.07, 6.45) is 2.18. The van der Waals surface area contributed by atoms with Gasteiger partial charge in [0.15, 0.2) is 0 Å². The maximum absolute atomic E-state index is 11.6. The van der Waals surface area contributed by atoms with Crippen LogP contribution >= 0.6 is 0 Å². The average Bonchev–Trinajstić information content (AvgIpc) is 3.26. The van der Waals surface area contributed by atoms with Crippen LogP contribution in [0.15, 0.2) is 24.3 Å². The Morgan fingerprint density at radius 1 is 1.53 bits per heavy atom. The number of nitrogens with one attached hydrogen (secondary N) is 1. The summed E-state index contributed by atoms with van der Waals surface area (Å²) in [5.41, 5.74) is 0.780. The highest BCUT2D eigenvalue weighted by Crippen LogP contribution is 2.20. The van der Waals surface area contributed by atoms with Gasteiger partial charge in [0.1, 0.15) is 18.4 Å². The number of ether oxygens (including phenoxy) is 2. The lowest BCUT2D eigenvalue weighted by molar-refractivity contribution is -0.144. The number of esters is 1. The second-order valence-electron chi connectivity index (χ2n) is 4.63. The summed E-state index contributed by atoms with van der Waals surface area (Å²) in [5.74, 6) is 0.322. The molecule has 1 atom stereocenters. The van der Waals surface area contributed by atoms with Crippen LogP contribution in [0.5, 0.6) is 5.75 Å². The Morgan fingerprint density at radius 2 is 2.32 bits per heavy atom. The fourth-order valence-corrected chi connectivity index (χ4v) is 1.77. The number of hydrogen-bond donors (Lipinski definition) is 2. The van der Waals surface area contributed by atoms with Crippen LogP contribution < -0.4 is 10.1 Å². The van der Waals surface area contributed by atoms with E-state index in [9.17, 15) is 4.79 Å². The van der Waals surface area contributed by atoms with E-state index >= 15 is 0 Å². The predicted octanol–water partition coefficient (Wildman–Crippen LogP) is 0.851. The lowest BCUT2D eigenvalue weighted by Gasteiger charge is -2.17. The summed E-state index contributed by atoms with van der Waals surface area (Å²) >= 11 is 0. The van der Waals surface area contributed by atoms with E-state index in [0.29, 0.717) is 11.8 Å². The Bertz CT molecular complexity index is 431. The third kappa shape index (κ3) is 4.22. The van der Waals surface area contributed by atoms with Crippen LogP contribution in [-0.2, 0) is 16.1 Å². The van der Waals surface area contributed by atoms with Crippen molar-refractivity contribution in [1.29, 1.82) is 0 Å². The van der Waals surface area contributed by atoms with Crippen LogP contribution in [0, 0.1) is 0 Å². The molecule has 19 heavy (non-hydrogen) atoms. The highest BCUT2D eigenvalue weighted by Gasteiger charge is 2.29. The minimum atomic E-state index is -0.449. The fourth-order valence-electron chi connectivity index (χ4n) is 1.77. The van der Waals surface area contributed by atoms with Gasteiger partial charge in [-0.05, 0) is 30.5 Å². The van der Waals surface area contributed by atoms with Gasteiger partial charge in [-0.3, -0.25) is 10.1 Å². The lowest BCUT2D eigenvalue weighted by atomic mass is 10.2. The third-order valence-corrected chi connectivity index (χ3v) is 3.00. The number of methoxy groups -OCH3 is 1. The van der Waals surface area contributed by atoms with Gasteiger partial charge in [0, 0.05) is 6.04 Å². The van der Waals surface area contributed by atoms with Crippen molar-refractivity contribution in [1.82, 2.24) is 5.32 Å². The molecule has 1 saturated carbocycles. The Balaban J connectivity index is 1.90. The van der Waals surface area contributed by atoms with Gasteiger partial charge in [-0.15, -0.1) is 0 Å². The first-order chi connectivity index (χ1) is 9.22. The van der Waals surface area contributed by atoms with Gasteiger partial charge in [0.2, 0.25) is 0 Å². The average molecular weight is 265 g/mol. The summed E-state index contributed by atoms with van der Waals surface area (Å²) in [7, 11) is 1.37. The summed E-state index contributed by atoms with van der Waals surface area (Å²) < 4.78 is 10.3. The highest BCUT2D eigenvalue weighted by molar-refractivity contribution is 5.75. The first-order valence-corrected chi connectivity index (χ1v) is 6.39. The van der Waals surface area contributed by atoms with E-state index in [2.05, 4.69) is 5.32 Å². The lowest BCUT2D eigenvalue weighted by Crippen LogP contribution is -2.43. The molecule has 1 aliphatic rings. The normalized spacial score (nSPS) is 15.9. The first-order valence-electron chi connectivity index (χ1n) is 6.39. The van der Waals surface area contributed by atoms with Crippen molar-refractivity contribution in [3.63, 3.8) is 0 Å². The molecule has 0 heterocycles. The number of benzene rings is 1. The molecule has 1 unspecified atom stereocenters. The molecular weight excluding hydrogens is 246 g/mol. The molecule has 0 aliphatic heterocycles. The molecule has 1 aromatic rings. The number of aliphatic hydroxyl groups is 1. The Labute approximate surface area is 112 Å². The topological polar surface area (TPSA) is 67.8 Å². The summed E-state index contributed by atoms with van der Waals surface area (Å²) in [5, 5.41) is 12.2. The van der Waals surface area contributed by atoms with Crippen molar-refractivity contribution in [2.45, 2.75) is 31.5 Å². The van der Waals surface area contributed by atoms with Gasteiger partial charge < -0.3 is 14.6 Å². The van der Waals surface area contributed by atoms with E-state index in [-0.39, 0.29) is 19.2 Å². The molecule has 2 N–H and O–H groups in total. The molecule has 0 radical (unpaired) electrons. The molecule has 1 aliphatic carbocycles. The van der Waals surface area contributed by atoms with E-state index in [1.165, 1.54) is 7.11 Å². The van der Waals surface area contributed by atoms with Crippen LogP contribution in [-0.4, -0.2) is 36.9 Å². The van der Waals surface area contributed by atoms with Crippen LogP contribution in [0.1, 0.15) is 18.4 Å². The first kappa shape index (κ1) is 13.8. The van der Waals surface area contributed by atoms with Gasteiger partial charge >= 0.3 is 5.97 Å². The van der Waals surface area contributed by atoms with Crippen molar-refractivity contribution in [2.24, 2.45) is 0 Å². The van der Waals surface area contributed by atoms with Crippen molar-refractivity contribution < 1.29 is 19.4 Å². The predicted molar refractivity (Wildman–Crippen MR) is 69.8 cm³/mol. The number of hydrogen-bond acceptors (Lipinski definition) is 5. The maximum Gasteiger partial charge on any atom is 0.326 e. The fraction of sp³-hybridized carbons (Fsp3) is 0.500. The maximum atomic E-state index is 11.6. The van der Waals surface area contributed by atoms with E-state index in [4.69, 9.17) is 14.6 Å². The van der Waals surface area contributed by atoms with Crippen LogP contribution in [0.2, 0.25) is 0 Å².